The first-order valence-corrected chi connectivity index (χ1v) is 6.29. The lowest BCUT2D eigenvalue weighted by atomic mass is 10.2. The van der Waals surface area contributed by atoms with Gasteiger partial charge in [-0.15, -0.1) is 10.2 Å². The fourth-order valence-electron chi connectivity index (χ4n) is 1.74. The number of benzene rings is 1. The Kier molecular flexibility index (Phi) is 4.73. The Hall–Kier alpha value is -1.89. The van der Waals surface area contributed by atoms with E-state index in [1.807, 2.05) is 6.92 Å². The molecule has 0 saturated carbocycles. The third kappa shape index (κ3) is 3.36. The van der Waals surface area contributed by atoms with Gasteiger partial charge in [-0.25, -0.2) is 13.2 Å². The third-order valence-electron chi connectivity index (χ3n) is 2.68. The van der Waals surface area contributed by atoms with Crippen molar-refractivity contribution >= 4 is 0 Å². The SMILES string of the molecule is CCNCCCc1nnc(-c2c(F)cc(F)cc2F)o1. The largest absolute Gasteiger partial charge is 0.420 e. The molecule has 0 aliphatic rings. The fraction of sp³-hybridized carbons (Fsp3) is 0.385. The molecule has 0 atom stereocenters. The van der Waals surface area contributed by atoms with Gasteiger partial charge in [-0.1, -0.05) is 6.92 Å². The zero-order chi connectivity index (χ0) is 14.5. The average Bonchev–Trinajstić information content (AvgIpc) is 2.82. The second-order valence-electron chi connectivity index (χ2n) is 4.20. The highest BCUT2D eigenvalue weighted by atomic mass is 19.1. The molecule has 4 nitrogen and oxygen atoms in total. The van der Waals surface area contributed by atoms with Crippen LogP contribution in [-0.4, -0.2) is 23.3 Å². The molecule has 1 N–H and O–H groups in total. The van der Waals surface area contributed by atoms with Gasteiger partial charge in [-0.2, -0.15) is 0 Å². The molecule has 7 heteroatoms. The van der Waals surface area contributed by atoms with Crippen LogP contribution in [-0.2, 0) is 6.42 Å². The van der Waals surface area contributed by atoms with Gasteiger partial charge in [0, 0.05) is 18.6 Å². The van der Waals surface area contributed by atoms with Crippen molar-refractivity contribution in [2.75, 3.05) is 13.1 Å². The van der Waals surface area contributed by atoms with Crippen LogP contribution >= 0.6 is 0 Å². The molecule has 1 aromatic carbocycles. The minimum atomic E-state index is -1.06. The van der Waals surface area contributed by atoms with Crippen molar-refractivity contribution in [1.29, 1.82) is 0 Å². The zero-order valence-corrected chi connectivity index (χ0v) is 10.9. The minimum Gasteiger partial charge on any atom is -0.420 e. The van der Waals surface area contributed by atoms with Crippen molar-refractivity contribution in [3.63, 3.8) is 0 Å². The highest BCUT2D eigenvalue weighted by Crippen LogP contribution is 2.25. The summed E-state index contributed by atoms with van der Waals surface area (Å²) >= 11 is 0. The van der Waals surface area contributed by atoms with Gasteiger partial charge in [-0.05, 0) is 19.5 Å². The maximum Gasteiger partial charge on any atom is 0.253 e. The summed E-state index contributed by atoms with van der Waals surface area (Å²) in [6.45, 7) is 3.64. The summed E-state index contributed by atoms with van der Waals surface area (Å²) in [6, 6.07) is 1.15. The lowest BCUT2D eigenvalue weighted by Gasteiger charge is -2.00. The molecule has 1 aromatic heterocycles. The van der Waals surface area contributed by atoms with Crippen LogP contribution in [0.3, 0.4) is 0 Å². The van der Waals surface area contributed by atoms with E-state index < -0.39 is 23.0 Å². The molecule has 20 heavy (non-hydrogen) atoms. The predicted octanol–water partition coefficient (Wildman–Crippen LogP) is 2.70. The molecule has 0 aliphatic carbocycles. The van der Waals surface area contributed by atoms with Crippen LogP contribution in [0.25, 0.3) is 11.5 Å². The Labute approximate surface area is 114 Å². The quantitative estimate of drug-likeness (QED) is 0.829. The van der Waals surface area contributed by atoms with Gasteiger partial charge >= 0.3 is 0 Å². The van der Waals surface area contributed by atoms with E-state index in [2.05, 4.69) is 15.5 Å². The Bertz CT molecular complexity index is 563. The first-order chi connectivity index (χ1) is 9.61. The van der Waals surface area contributed by atoms with Crippen LogP contribution < -0.4 is 5.32 Å². The summed E-state index contributed by atoms with van der Waals surface area (Å²) < 4.78 is 45.1. The fourth-order valence-corrected chi connectivity index (χ4v) is 1.74. The zero-order valence-electron chi connectivity index (χ0n) is 10.9. The molecule has 2 aromatic rings. The molecule has 0 bridgehead atoms. The molecule has 0 saturated heterocycles. The van der Waals surface area contributed by atoms with Crippen molar-refractivity contribution in [1.82, 2.24) is 15.5 Å². The molecule has 0 aliphatic heterocycles. The highest BCUT2D eigenvalue weighted by Gasteiger charge is 2.19. The van der Waals surface area contributed by atoms with Crippen LogP contribution in [0.2, 0.25) is 0 Å². The van der Waals surface area contributed by atoms with E-state index in [0.717, 1.165) is 19.5 Å². The van der Waals surface area contributed by atoms with Gasteiger partial charge in [-0.3, -0.25) is 0 Å². The number of nitrogens with one attached hydrogen (secondary N) is 1. The topological polar surface area (TPSA) is 51.0 Å². The maximum absolute atomic E-state index is 13.5. The molecule has 2 rings (SSSR count). The molecular weight excluding hydrogens is 271 g/mol. The molecule has 108 valence electrons. The average molecular weight is 285 g/mol. The van der Waals surface area contributed by atoms with Crippen molar-refractivity contribution in [3.05, 3.63) is 35.5 Å². The lowest BCUT2D eigenvalue weighted by Crippen LogP contribution is -2.14. The second kappa shape index (κ2) is 6.51. The second-order valence-corrected chi connectivity index (χ2v) is 4.20. The molecule has 0 amide bonds. The van der Waals surface area contributed by atoms with Crippen LogP contribution in [0.5, 0.6) is 0 Å². The van der Waals surface area contributed by atoms with Gasteiger partial charge in [0.2, 0.25) is 5.89 Å². The summed E-state index contributed by atoms with van der Waals surface area (Å²) in [6.07, 6.45) is 1.27. The van der Waals surface area contributed by atoms with Crippen LogP contribution in [0.15, 0.2) is 16.5 Å². The summed E-state index contributed by atoms with van der Waals surface area (Å²) in [5.74, 6) is -3.11. The predicted molar refractivity (Wildman–Crippen MR) is 66.5 cm³/mol. The Morgan fingerprint density at radius 2 is 1.85 bits per heavy atom. The van der Waals surface area contributed by atoms with E-state index in [1.54, 1.807) is 0 Å². The summed E-state index contributed by atoms with van der Waals surface area (Å²) in [7, 11) is 0. The van der Waals surface area contributed by atoms with Crippen molar-refractivity contribution in [2.24, 2.45) is 0 Å². The van der Waals surface area contributed by atoms with Crippen molar-refractivity contribution in [3.8, 4) is 11.5 Å². The first kappa shape index (κ1) is 14.5. The molecule has 0 unspecified atom stereocenters. The van der Waals surface area contributed by atoms with Gasteiger partial charge in [0.05, 0.1) is 0 Å². The standard InChI is InChI=1S/C13H14F3N3O/c1-2-17-5-3-4-11-18-19-13(20-11)12-9(15)6-8(14)7-10(12)16/h6-7,17H,2-5H2,1H3. The molecule has 0 spiro atoms. The molecule has 0 radical (unpaired) electrons. The molecule has 0 fully saturated rings. The summed E-state index contributed by atoms with van der Waals surface area (Å²) in [4.78, 5) is 0. The number of halogens is 3. The van der Waals surface area contributed by atoms with Gasteiger partial charge in [0.1, 0.15) is 23.0 Å². The van der Waals surface area contributed by atoms with Gasteiger partial charge in [0.25, 0.3) is 5.89 Å². The van der Waals surface area contributed by atoms with Gasteiger partial charge in [0.15, 0.2) is 0 Å². The van der Waals surface area contributed by atoms with E-state index >= 15 is 0 Å². The third-order valence-corrected chi connectivity index (χ3v) is 2.68. The van der Waals surface area contributed by atoms with Crippen molar-refractivity contribution < 1.29 is 17.6 Å². The van der Waals surface area contributed by atoms with Crippen LogP contribution in [0, 0.1) is 17.5 Å². The van der Waals surface area contributed by atoms with Gasteiger partial charge < -0.3 is 9.73 Å². The number of hydrogen-bond donors (Lipinski definition) is 1. The van der Waals surface area contributed by atoms with E-state index in [1.165, 1.54) is 0 Å². The maximum atomic E-state index is 13.5. The number of rotatable bonds is 6. The number of hydrogen-bond acceptors (Lipinski definition) is 4. The Morgan fingerprint density at radius 3 is 2.50 bits per heavy atom. The number of aryl methyl sites for hydroxylation is 1. The normalized spacial score (nSPS) is 11.0. The van der Waals surface area contributed by atoms with E-state index in [4.69, 9.17) is 4.42 Å². The van der Waals surface area contributed by atoms with E-state index in [-0.39, 0.29) is 5.89 Å². The highest BCUT2D eigenvalue weighted by molar-refractivity contribution is 5.54. The Balaban J connectivity index is 2.13. The summed E-state index contributed by atoms with van der Waals surface area (Å²) in [5.41, 5.74) is -0.503. The first-order valence-electron chi connectivity index (χ1n) is 6.29. The smallest absolute Gasteiger partial charge is 0.253 e. The summed E-state index contributed by atoms with van der Waals surface area (Å²) in [5, 5.41) is 10.5. The monoisotopic (exact) mass is 285 g/mol. The lowest BCUT2D eigenvalue weighted by molar-refractivity contribution is 0.481. The van der Waals surface area contributed by atoms with E-state index in [9.17, 15) is 13.2 Å². The molecule has 1 heterocycles. The van der Waals surface area contributed by atoms with Crippen LogP contribution in [0.1, 0.15) is 19.2 Å². The Morgan fingerprint density at radius 1 is 1.15 bits per heavy atom. The number of aromatic nitrogens is 2. The van der Waals surface area contributed by atoms with E-state index in [0.29, 0.717) is 24.4 Å². The molecular formula is C13H14F3N3O. The van der Waals surface area contributed by atoms with Crippen molar-refractivity contribution in [2.45, 2.75) is 19.8 Å². The minimum absolute atomic E-state index is 0.279. The van der Waals surface area contributed by atoms with Crippen LogP contribution in [0.4, 0.5) is 13.2 Å². The number of nitrogens with zero attached hydrogens (tertiary/aromatic N) is 2.